The number of hydrogen-bond acceptors (Lipinski definition) is 15. The highest BCUT2D eigenvalue weighted by Gasteiger charge is 2.36. The van der Waals surface area contributed by atoms with Crippen molar-refractivity contribution in [1.82, 2.24) is 58.1 Å². The maximum atomic E-state index is 14.8. The number of halogens is 12. The van der Waals surface area contributed by atoms with Gasteiger partial charge in [0.15, 0.2) is 15.5 Å². The number of likely N-dealkylation sites (N-methyl/N-ethyl adjacent to an activating group) is 3. The van der Waals surface area contributed by atoms with E-state index in [0.29, 0.717) is 91.4 Å². The normalized spacial score (nSPS) is 19.5. The molecular weight excluding hydrogens is 1910 g/mol. The second-order valence-corrected chi connectivity index (χ2v) is 34.7. The number of thioether (sulfide) groups is 3. The highest BCUT2D eigenvalue weighted by Crippen LogP contribution is 2.39. The molecule has 33 heteroatoms. The fourth-order valence-electron chi connectivity index (χ4n) is 14.9. The van der Waals surface area contributed by atoms with E-state index in [2.05, 4.69) is 15.0 Å². The second-order valence-electron chi connectivity index (χ2n) is 31.9. The monoisotopic (exact) mass is 2060 g/mol. The minimum absolute atomic E-state index is 0.0394. The van der Waals surface area contributed by atoms with E-state index < -0.39 is 304 Å². The van der Waals surface area contributed by atoms with Crippen LogP contribution in [0.5, 0.6) is 0 Å². The van der Waals surface area contributed by atoms with E-state index in [4.69, 9.17) is 43.9 Å². The lowest BCUT2D eigenvalue weighted by atomic mass is 9.98. The van der Waals surface area contributed by atoms with Crippen LogP contribution in [0.2, 0.25) is 0 Å². The predicted molar refractivity (Wildman–Crippen MR) is 539 cm³/mol. The quantitative estimate of drug-likeness (QED) is 0.0202. The summed E-state index contributed by atoms with van der Waals surface area (Å²) in [5, 5.41) is -0.353. The van der Waals surface area contributed by atoms with Crippen molar-refractivity contribution in [2.45, 2.75) is 197 Å². The molecule has 15 rings (SSSR count). The van der Waals surface area contributed by atoms with Crippen molar-refractivity contribution in [1.29, 1.82) is 0 Å². The molecule has 3 amide bonds. The number of amides is 3. The first kappa shape index (κ1) is 69.2. The Labute approximate surface area is 889 Å². The van der Waals surface area contributed by atoms with Gasteiger partial charge in [-0.2, -0.15) is 54.5 Å². The summed E-state index contributed by atoms with van der Waals surface area (Å²) in [4.78, 5) is 97.1. The Morgan fingerprint density at radius 1 is 0.385 bits per heavy atom. The van der Waals surface area contributed by atoms with Crippen molar-refractivity contribution >= 4 is 53.0 Å². The summed E-state index contributed by atoms with van der Waals surface area (Å²) in [6, 6.07) is 28.3. The minimum Gasteiger partial charge on any atom is -0.336 e. The standard InChI is InChI=1S/2C37H40F4N4O2S.C36H38F4N4O2S/c1-4-43(5-2)18-19-44(22-26-6-10-28(11-7-26)29-12-14-30(15-13-29)37(39,40)41)34(46)23-45-33-21-25(3)20-32(33)35(47)42-36(45)48-24-27-8-16-31(38)17-9-27;1-4-43(5-2)19-20-44(22-26-9-13-28(14-10-26)29-15-18-32(25(3)21-29)37(39,40)41)34(46)23-45-33-8-6-7-31(33)35(47)42-36(45)48-24-27-11-16-30(38)17-12-27;1-3-42(4-2)20-21-43(22-25-8-12-27(13-9-25)28-14-16-29(17-15-28)36(38,39)40)33(45)23-44-32-7-5-6-31(32)34(46)41-35(44)47-24-26-10-18-30(37)19-11-26/h6-17,25H,4-5,18-24H2,1-3H3;9-18,21H,4-8,19-20,22-24H2,1-3H3;8-19H,3-7,20-24H2,1-2H3/i4D2,5D2,18D2,19D2,20D2,21D2,25D;4D2,5D2,9D,10D,13D,14D,15D,18D,19D2,20D2,21D;3D2,4D2,20D2,21D2. The van der Waals surface area contributed by atoms with Crippen molar-refractivity contribution in [2.24, 2.45) is 5.89 Å². The number of benzene rings is 9. The molecule has 0 aliphatic heterocycles. The molecule has 3 aliphatic carbocycles. The molecule has 9 aromatic carbocycles. The smallest absolute Gasteiger partial charge is 0.336 e. The van der Waals surface area contributed by atoms with Gasteiger partial charge in [-0.05, 0) is 242 Å². The molecule has 0 saturated heterocycles. The molecule has 1 atom stereocenters. The van der Waals surface area contributed by atoms with Crippen molar-refractivity contribution < 1.29 is 116 Å². The fraction of sp³-hybridized carbons (Fsp3) is 0.373. The molecule has 18 nitrogen and oxygen atoms in total. The highest BCUT2D eigenvalue weighted by atomic mass is 32.2. The number of aromatic nitrogens is 6. The minimum atomic E-state index is -5.18. The van der Waals surface area contributed by atoms with Gasteiger partial charge in [-0.3, -0.25) is 28.8 Å². The lowest BCUT2D eigenvalue weighted by Crippen LogP contribution is -2.40. The highest BCUT2D eigenvalue weighted by molar-refractivity contribution is 7.98. The Hall–Kier alpha value is -11.9. The number of carbonyl (C=O) groups is 3. The van der Waals surface area contributed by atoms with Gasteiger partial charge in [-0.1, -0.05) is 229 Å². The van der Waals surface area contributed by atoms with Crippen molar-refractivity contribution in [2.75, 3.05) is 78.0 Å². The van der Waals surface area contributed by atoms with Crippen LogP contribution in [0.25, 0.3) is 33.4 Å². The first-order chi connectivity index (χ1) is 81.8. The van der Waals surface area contributed by atoms with Crippen LogP contribution in [0.3, 0.4) is 0 Å². The first-order valence-electron chi connectivity index (χ1n) is 62.0. The van der Waals surface area contributed by atoms with Gasteiger partial charge in [0.2, 0.25) is 17.7 Å². The van der Waals surface area contributed by atoms with Crippen LogP contribution in [-0.2, 0) is 128 Å². The van der Waals surface area contributed by atoms with Crippen molar-refractivity contribution in [3.63, 3.8) is 0 Å². The maximum Gasteiger partial charge on any atom is 0.416 e. The summed E-state index contributed by atoms with van der Waals surface area (Å²) in [5.41, 5.74) is -5.54. The zero-order valence-electron chi connectivity index (χ0n) is 114. The number of hydrogen-bond donors (Lipinski definition) is 0. The molecule has 1 unspecified atom stereocenters. The molecule has 3 aromatic heterocycles. The largest absolute Gasteiger partial charge is 0.416 e. The zero-order chi connectivity index (χ0) is 135. The second kappa shape index (κ2) is 50.1. The first-order valence-corrected chi connectivity index (χ1v) is 47.0. The Morgan fingerprint density at radius 2 is 0.692 bits per heavy atom. The number of nitrogens with zero attached hydrogens (tertiary/aromatic N) is 12. The van der Waals surface area contributed by atoms with E-state index in [9.17, 15) is 86.9 Å². The van der Waals surface area contributed by atoms with Crippen LogP contribution >= 0.6 is 35.3 Å². The molecule has 3 aliphatic rings. The molecule has 0 bridgehead atoms. The summed E-state index contributed by atoms with van der Waals surface area (Å²) >= 11 is 2.78. The molecule has 0 fully saturated rings. The summed E-state index contributed by atoms with van der Waals surface area (Å²) in [6.07, 6.45) is -18.0. The van der Waals surface area contributed by atoms with Gasteiger partial charge in [-0.25, -0.2) is 13.2 Å². The van der Waals surface area contributed by atoms with Gasteiger partial charge in [0, 0.05) is 141 Å². The zero-order valence-corrected chi connectivity index (χ0v) is 80.3. The molecule has 0 N–H and O–H groups in total. The van der Waals surface area contributed by atoms with Crippen LogP contribution in [0.1, 0.15) is 200 Å². The molecule has 143 heavy (non-hydrogen) atoms. The lowest BCUT2D eigenvalue weighted by molar-refractivity contribution is -0.138. The van der Waals surface area contributed by atoms with E-state index >= 15 is 0 Å². The number of rotatable bonds is 39. The summed E-state index contributed by atoms with van der Waals surface area (Å²) in [5.74, 6) is -7.71. The van der Waals surface area contributed by atoms with Crippen LogP contribution in [-0.4, -0.2) is 154 Å². The van der Waals surface area contributed by atoms with Crippen LogP contribution in [0.15, 0.2) is 242 Å². The number of alkyl halides is 9. The average Bonchev–Trinajstić information content (AvgIpc) is 1.52. The van der Waals surface area contributed by atoms with E-state index in [1.165, 1.54) is 130 Å². The lowest BCUT2D eigenvalue weighted by Gasteiger charge is -2.28. The number of fused-ring (bicyclic) bond motifs is 3. The summed E-state index contributed by atoms with van der Waals surface area (Å²) in [7, 11) is 0. The van der Waals surface area contributed by atoms with E-state index in [1.54, 1.807) is 12.1 Å². The molecule has 756 valence electrons. The Morgan fingerprint density at radius 3 is 1.02 bits per heavy atom. The van der Waals surface area contributed by atoms with E-state index in [0.717, 1.165) is 132 Å². The van der Waals surface area contributed by atoms with Gasteiger partial charge in [-0.15, -0.1) is 0 Å². The SMILES string of the molecule is [2H]C([2H])(C)N(C([2H])([2H])C)C([2H])([2H])C([2H])([2H])N(Cc1ccc(-c2ccc(C(F)(F)F)cc2)cc1)C(=O)Cn1c(SCc2ccc(F)cc2)nc(=O)c2c1C([2H])([2H])C([2H])(C)C2([2H])[2H].[2H]C([2H])(C)N(C([2H])([2H])C)C([2H])([2H])C([2H])([2H])N(Cc1ccc(-c2ccc(C(F)(F)F)cc2)cc1)C(=O)Cn1c(SCc2ccc(F)cc2)nc(=O)c2c1CCC2.[2H]c1c([2H])c(-c2c([2H])c([2H])c(C(F)(F)F)c(C)c2[2H])c([2H])c([2H])c1CN(C(=O)Cn1c(SCc2ccc(F)cc2)nc(=O)c2c1CCC2)C([2H])([2H])C([2H])([2H])N(C([2H])([2H])C)C([2H])([2H])C. The molecule has 12 aromatic rings. The van der Waals surface area contributed by atoms with Crippen LogP contribution in [0, 0.1) is 30.3 Å². The third-order valence-corrected chi connectivity index (χ3v) is 25.4. The topological polar surface area (TPSA) is 175 Å². The third kappa shape index (κ3) is 29.5. The third-order valence-electron chi connectivity index (χ3n) is 22.2. The average molecular weight is 2060 g/mol. The van der Waals surface area contributed by atoms with Crippen molar-refractivity contribution in [3.05, 3.63) is 350 Å². The molecular formula is C110H118F12N12O6S3. The maximum absolute atomic E-state index is 14.8. The van der Waals surface area contributed by atoms with Crippen LogP contribution in [0.4, 0.5) is 52.7 Å². The predicted octanol–water partition coefficient (Wildman–Crippen LogP) is 22.2. The van der Waals surface area contributed by atoms with E-state index in [-0.39, 0.29) is 76.7 Å². The summed E-state index contributed by atoms with van der Waals surface area (Å²) in [6.45, 7) is -38.2. The molecule has 0 saturated carbocycles. The molecule has 0 radical (unpaired) electrons. The Kier molecular flexibility index (Phi) is 24.2. The Balaban J connectivity index is 0.000000219. The molecule has 0 spiro atoms. The van der Waals surface area contributed by atoms with Crippen molar-refractivity contribution in [3.8, 4) is 33.4 Å². The number of carbonyl (C=O) groups excluding carboxylic acids is 3. The van der Waals surface area contributed by atoms with Gasteiger partial charge in [0.25, 0.3) is 16.7 Å². The van der Waals surface area contributed by atoms with Gasteiger partial charge < -0.3 is 43.1 Å². The van der Waals surface area contributed by atoms with Gasteiger partial charge in [0.05, 0.1) is 34.5 Å². The van der Waals surface area contributed by atoms with Gasteiger partial charge >= 0.3 is 18.5 Å². The van der Waals surface area contributed by atoms with Crippen LogP contribution < -0.4 is 16.7 Å². The van der Waals surface area contributed by atoms with Gasteiger partial charge in [0.1, 0.15) is 37.1 Å². The Bertz CT molecular complexity index is 8370. The fourth-order valence-corrected chi connectivity index (χ4v) is 17.7. The molecule has 3 heterocycles. The van der Waals surface area contributed by atoms with E-state index in [1.807, 2.05) is 0 Å². The summed E-state index contributed by atoms with van der Waals surface area (Å²) < 4.78 is 477.